The van der Waals surface area contributed by atoms with Gasteiger partial charge in [0.1, 0.15) is 6.04 Å². The zero-order valence-electron chi connectivity index (χ0n) is 10.7. The lowest BCUT2D eigenvalue weighted by Gasteiger charge is -2.29. The van der Waals surface area contributed by atoms with E-state index in [0.717, 1.165) is 12.8 Å². The Kier molecular flexibility index (Phi) is 5.97. The monoisotopic (exact) mass is 242 g/mol. The van der Waals surface area contributed by atoms with Gasteiger partial charge in [0.2, 0.25) is 11.8 Å². The Morgan fingerprint density at radius 2 is 2.00 bits per heavy atom. The van der Waals surface area contributed by atoms with Crippen molar-refractivity contribution in [2.45, 2.75) is 39.2 Å². The fraction of sp³-hybridized carbons (Fsp3) is 0.833. The minimum absolute atomic E-state index is 0.0156. The average molecular weight is 242 g/mol. The van der Waals surface area contributed by atoms with Gasteiger partial charge in [0.15, 0.2) is 0 Å². The predicted octanol–water partition coefficient (Wildman–Crippen LogP) is 0.540. The quantitative estimate of drug-likeness (QED) is 0.765. The van der Waals surface area contributed by atoms with Gasteiger partial charge in [0, 0.05) is 19.5 Å². The van der Waals surface area contributed by atoms with Gasteiger partial charge in [-0.25, -0.2) is 0 Å². The molecule has 0 spiro atoms. The van der Waals surface area contributed by atoms with Crippen molar-refractivity contribution in [2.24, 2.45) is 0 Å². The number of ether oxygens (including phenoxy) is 1. The highest BCUT2D eigenvalue weighted by atomic mass is 16.5. The van der Waals surface area contributed by atoms with Crippen LogP contribution < -0.4 is 5.32 Å². The number of rotatable bonds is 5. The highest BCUT2D eigenvalue weighted by Crippen LogP contribution is 2.01. The maximum Gasteiger partial charge on any atom is 0.245 e. The summed E-state index contributed by atoms with van der Waals surface area (Å²) in [4.78, 5) is 25.2. The van der Waals surface area contributed by atoms with E-state index in [1.165, 1.54) is 0 Å². The number of morpholine rings is 1. The molecule has 1 N–H and O–H groups in total. The summed E-state index contributed by atoms with van der Waals surface area (Å²) in [7, 11) is 0. The topological polar surface area (TPSA) is 58.6 Å². The van der Waals surface area contributed by atoms with Crippen molar-refractivity contribution in [3.63, 3.8) is 0 Å². The van der Waals surface area contributed by atoms with Crippen molar-refractivity contribution in [2.75, 3.05) is 26.3 Å². The number of unbranched alkanes of at least 4 members (excludes halogenated alkanes) is 1. The fourth-order valence-electron chi connectivity index (χ4n) is 1.77. The van der Waals surface area contributed by atoms with E-state index in [0.29, 0.717) is 32.7 Å². The van der Waals surface area contributed by atoms with E-state index < -0.39 is 6.04 Å². The van der Waals surface area contributed by atoms with Gasteiger partial charge in [0.25, 0.3) is 0 Å². The Balaban J connectivity index is 2.32. The van der Waals surface area contributed by atoms with Crippen molar-refractivity contribution >= 4 is 11.8 Å². The fourth-order valence-corrected chi connectivity index (χ4v) is 1.77. The Morgan fingerprint density at radius 3 is 2.59 bits per heavy atom. The molecule has 1 rings (SSSR count). The van der Waals surface area contributed by atoms with Crippen molar-refractivity contribution in [3.8, 4) is 0 Å². The molecule has 0 aromatic rings. The molecule has 1 aliphatic rings. The Morgan fingerprint density at radius 1 is 1.35 bits per heavy atom. The Hall–Kier alpha value is -1.10. The Labute approximate surface area is 102 Å². The number of nitrogens with zero attached hydrogens (tertiary/aromatic N) is 1. The molecular formula is C12H22N2O3. The summed E-state index contributed by atoms with van der Waals surface area (Å²) in [6, 6.07) is -0.433. The molecule has 5 nitrogen and oxygen atoms in total. The number of amides is 2. The van der Waals surface area contributed by atoms with Crippen molar-refractivity contribution in [1.82, 2.24) is 10.2 Å². The normalized spacial score (nSPS) is 17.6. The molecule has 1 saturated heterocycles. The molecule has 0 aromatic carbocycles. The molecular weight excluding hydrogens is 220 g/mol. The van der Waals surface area contributed by atoms with Crippen LogP contribution in [0.2, 0.25) is 0 Å². The summed E-state index contributed by atoms with van der Waals surface area (Å²) < 4.78 is 5.18. The molecule has 1 heterocycles. The highest BCUT2D eigenvalue weighted by Gasteiger charge is 2.23. The van der Waals surface area contributed by atoms with E-state index in [2.05, 4.69) is 5.32 Å². The van der Waals surface area contributed by atoms with Gasteiger partial charge in [-0.2, -0.15) is 0 Å². The van der Waals surface area contributed by atoms with E-state index >= 15 is 0 Å². The highest BCUT2D eigenvalue weighted by molar-refractivity contribution is 5.87. The summed E-state index contributed by atoms with van der Waals surface area (Å²) in [5.74, 6) is -0.0564. The Bertz CT molecular complexity index is 262. The predicted molar refractivity (Wildman–Crippen MR) is 64.5 cm³/mol. The van der Waals surface area contributed by atoms with Crippen molar-refractivity contribution < 1.29 is 14.3 Å². The summed E-state index contributed by atoms with van der Waals surface area (Å²) >= 11 is 0. The minimum Gasteiger partial charge on any atom is -0.378 e. The number of hydrogen-bond donors (Lipinski definition) is 1. The molecule has 0 aliphatic carbocycles. The molecule has 0 saturated carbocycles. The summed E-state index contributed by atoms with van der Waals surface area (Å²) in [5, 5.41) is 2.74. The van der Waals surface area contributed by atoms with Crippen LogP contribution in [0.1, 0.15) is 33.1 Å². The van der Waals surface area contributed by atoms with E-state index in [1.807, 2.05) is 6.92 Å². The average Bonchev–Trinajstić information content (AvgIpc) is 2.36. The van der Waals surface area contributed by atoms with E-state index in [-0.39, 0.29) is 11.8 Å². The van der Waals surface area contributed by atoms with Crippen LogP contribution in [0.5, 0.6) is 0 Å². The summed E-state index contributed by atoms with van der Waals surface area (Å²) in [6.45, 7) is 6.18. The van der Waals surface area contributed by atoms with E-state index in [9.17, 15) is 9.59 Å². The molecule has 1 fully saturated rings. The maximum atomic E-state index is 12.0. The number of carbonyl (C=O) groups excluding carboxylic acids is 2. The van der Waals surface area contributed by atoms with Crippen LogP contribution in [0.25, 0.3) is 0 Å². The zero-order valence-corrected chi connectivity index (χ0v) is 10.7. The molecule has 98 valence electrons. The van der Waals surface area contributed by atoms with Crippen LogP contribution in [0, 0.1) is 0 Å². The number of hydrogen-bond acceptors (Lipinski definition) is 3. The third kappa shape index (κ3) is 4.73. The van der Waals surface area contributed by atoms with E-state index in [4.69, 9.17) is 4.74 Å². The SMILES string of the molecule is CCCCC(=O)NC(C)C(=O)N1CCOCC1. The molecule has 0 bridgehead atoms. The first-order valence-corrected chi connectivity index (χ1v) is 6.31. The second-order valence-electron chi connectivity index (χ2n) is 4.33. The van der Waals surface area contributed by atoms with E-state index in [1.54, 1.807) is 11.8 Å². The van der Waals surface area contributed by atoms with Gasteiger partial charge < -0.3 is 15.0 Å². The van der Waals surface area contributed by atoms with Gasteiger partial charge in [-0.3, -0.25) is 9.59 Å². The van der Waals surface area contributed by atoms with Crippen molar-refractivity contribution in [1.29, 1.82) is 0 Å². The van der Waals surface area contributed by atoms with Crippen molar-refractivity contribution in [3.05, 3.63) is 0 Å². The minimum atomic E-state index is -0.433. The first kappa shape index (κ1) is 14.0. The second-order valence-corrected chi connectivity index (χ2v) is 4.33. The number of carbonyl (C=O) groups is 2. The smallest absolute Gasteiger partial charge is 0.245 e. The van der Waals surface area contributed by atoms with Gasteiger partial charge in [-0.05, 0) is 13.3 Å². The van der Waals surface area contributed by atoms with Gasteiger partial charge in [-0.15, -0.1) is 0 Å². The van der Waals surface area contributed by atoms with Crippen LogP contribution >= 0.6 is 0 Å². The van der Waals surface area contributed by atoms with Gasteiger partial charge in [-0.1, -0.05) is 13.3 Å². The molecule has 17 heavy (non-hydrogen) atoms. The number of nitrogens with one attached hydrogen (secondary N) is 1. The lowest BCUT2D eigenvalue weighted by atomic mass is 10.2. The lowest BCUT2D eigenvalue weighted by molar-refractivity contribution is -0.139. The zero-order chi connectivity index (χ0) is 12.7. The molecule has 0 aromatic heterocycles. The second kappa shape index (κ2) is 7.27. The molecule has 1 atom stereocenters. The van der Waals surface area contributed by atoms with Crippen LogP contribution in [0.15, 0.2) is 0 Å². The molecule has 1 unspecified atom stereocenters. The summed E-state index contributed by atoms with van der Waals surface area (Å²) in [6.07, 6.45) is 2.35. The van der Waals surface area contributed by atoms with Gasteiger partial charge >= 0.3 is 0 Å². The van der Waals surface area contributed by atoms with Crippen LogP contribution in [0.4, 0.5) is 0 Å². The summed E-state index contributed by atoms with van der Waals surface area (Å²) in [5.41, 5.74) is 0. The third-order valence-electron chi connectivity index (χ3n) is 2.83. The first-order valence-electron chi connectivity index (χ1n) is 6.31. The van der Waals surface area contributed by atoms with Crippen LogP contribution in [-0.4, -0.2) is 49.1 Å². The molecule has 5 heteroatoms. The maximum absolute atomic E-state index is 12.0. The molecule has 2 amide bonds. The third-order valence-corrected chi connectivity index (χ3v) is 2.83. The van der Waals surface area contributed by atoms with Crippen LogP contribution in [-0.2, 0) is 14.3 Å². The van der Waals surface area contributed by atoms with Gasteiger partial charge in [0.05, 0.1) is 13.2 Å². The lowest BCUT2D eigenvalue weighted by Crippen LogP contribution is -2.50. The molecule has 1 aliphatic heterocycles. The first-order chi connectivity index (χ1) is 8.15. The van der Waals surface area contributed by atoms with Crippen LogP contribution in [0.3, 0.4) is 0 Å². The molecule has 0 radical (unpaired) electrons. The standard InChI is InChI=1S/C12H22N2O3/c1-3-4-5-11(15)13-10(2)12(16)14-6-8-17-9-7-14/h10H,3-9H2,1-2H3,(H,13,15). The largest absolute Gasteiger partial charge is 0.378 e.